The molecule has 0 radical (unpaired) electrons. The van der Waals surface area contributed by atoms with Gasteiger partial charge in [0.05, 0.1) is 11.3 Å². The Kier molecular flexibility index (Phi) is 4.40. The first-order valence-corrected chi connectivity index (χ1v) is 9.46. The van der Waals surface area contributed by atoms with Gasteiger partial charge in [-0.25, -0.2) is 4.98 Å². The number of anilines is 1. The SMILES string of the molecule is Cc1cccc(NC(=O)CSc2c3c(nc4ccccc24)CCC3)n1. The highest BCUT2D eigenvalue weighted by Gasteiger charge is 2.20. The van der Waals surface area contributed by atoms with E-state index in [9.17, 15) is 4.79 Å². The number of para-hydroxylation sites is 1. The average molecular weight is 349 g/mol. The van der Waals surface area contributed by atoms with E-state index in [-0.39, 0.29) is 5.91 Å². The van der Waals surface area contributed by atoms with Crippen LogP contribution in [-0.2, 0) is 17.6 Å². The van der Waals surface area contributed by atoms with Crippen molar-refractivity contribution < 1.29 is 4.79 Å². The first-order chi connectivity index (χ1) is 12.2. The van der Waals surface area contributed by atoms with Gasteiger partial charge < -0.3 is 5.32 Å². The number of carbonyl (C=O) groups excluding carboxylic acids is 1. The first-order valence-electron chi connectivity index (χ1n) is 8.47. The number of carbonyl (C=O) groups is 1. The van der Waals surface area contributed by atoms with Gasteiger partial charge in [-0.15, -0.1) is 11.8 Å². The molecule has 3 aromatic rings. The number of aromatic nitrogens is 2. The topological polar surface area (TPSA) is 54.9 Å². The Bertz CT molecular complexity index is 955. The third kappa shape index (κ3) is 3.37. The molecule has 0 aliphatic heterocycles. The minimum absolute atomic E-state index is 0.0317. The van der Waals surface area contributed by atoms with E-state index in [1.165, 1.54) is 16.2 Å². The maximum absolute atomic E-state index is 12.3. The van der Waals surface area contributed by atoms with E-state index in [1.807, 2.05) is 37.3 Å². The summed E-state index contributed by atoms with van der Waals surface area (Å²) in [4.78, 5) is 22.7. The Hall–Kier alpha value is -2.40. The van der Waals surface area contributed by atoms with Gasteiger partial charge >= 0.3 is 0 Å². The number of rotatable bonds is 4. The summed E-state index contributed by atoms with van der Waals surface area (Å²) in [7, 11) is 0. The summed E-state index contributed by atoms with van der Waals surface area (Å²) in [6.07, 6.45) is 3.23. The summed E-state index contributed by atoms with van der Waals surface area (Å²) < 4.78 is 0. The van der Waals surface area contributed by atoms with Crippen LogP contribution >= 0.6 is 11.8 Å². The molecule has 0 atom stereocenters. The molecule has 0 fully saturated rings. The number of amides is 1. The fourth-order valence-electron chi connectivity index (χ4n) is 3.26. The molecule has 5 heteroatoms. The van der Waals surface area contributed by atoms with E-state index < -0.39 is 0 Å². The van der Waals surface area contributed by atoms with Gasteiger partial charge in [0.25, 0.3) is 0 Å². The van der Waals surface area contributed by atoms with Crippen molar-refractivity contribution in [3.8, 4) is 0 Å². The van der Waals surface area contributed by atoms with Crippen molar-refractivity contribution >= 4 is 34.4 Å². The summed E-state index contributed by atoms with van der Waals surface area (Å²) >= 11 is 1.61. The third-order valence-electron chi connectivity index (χ3n) is 4.37. The number of nitrogens with zero attached hydrogens (tertiary/aromatic N) is 2. The third-order valence-corrected chi connectivity index (χ3v) is 5.53. The van der Waals surface area contributed by atoms with E-state index >= 15 is 0 Å². The lowest BCUT2D eigenvalue weighted by Crippen LogP contribution is -2.15. The largest absolute Gasteiger partial charge is 0.310 e. The molecule has 1 aromatic carbocycles. The van der Waals surface area contributed by atoms with Crippen LogP contribution in [0.2, 0.25) is 0 Å². The van der Waals surface area contributed by atoms with Crippen molar-refractivity contribution in [2.45, 2.75) is 31.1 Å². The second kappa shape index (κ2) is 6.84. The number of hydrogen-bond donors (Lipinski definition) is 1. The van der Waals surface area contributed by atoms with Crippen LogP contribution in [0.25, 0.3) is 10.9 Å². The fourth-order valence-corrected chi connectivity index (χ4v) is 4.33. The van der Waals surface area contributed by atoms with Crippen LogP contribution in [0.15, 0.2) is 47.4 Å². The van der Waals surface area contributed by atoms with Crippen molar-refractivity contribution in [3.05, 3.63) is 59.4 Å². The number of pyridine rings is 2. The van der Waals surface area contributed by atoms with E-state index in [4.69, 9.17) is 4.98 Å². The molecule has 0 unspecified atom stereocenters. The van der Waals surface area contributed by atoms with Crippen molar-refractivity contribution in [2.24, 2.45) is 0 Å². The molecule has 25 heavy (non-hydrogen) atoms. The lowest BCUT2D eigenvalue weighted by Gasteiger charge is -2.12. The number of benzene rings is 1. The van der Waals surface area contributed by atoms with Gasteiger partial charge in [0.15, 0.2) is 0 Å². The van der Waals surface area contributed by atoms with Crippen LogP contribution < -0.4 is 5.32 Å². The minimum atomic E-state index is -0.0317. The van der Waals surface area contributed by atoms with Gasteiger partial charge in [-0.1, -0.05) is 24.3 Å². The second-order valence-corrected chi connectivity index (χ2v) is 7.22. The minimum Gasteiger partial charge on any atom is -0.310 e. The smallest absolute Gasteiger partial charge is 0.235 e. The molecule has 2 aromatic heterocycles. The van der Waals surface area contributed by atoms with Crippen molar-refractivity contribution in [2.75, 3.05) is 11.1 Å². The van der Waals surface area contributed by atoms with Gasteiger partial charge in [-0.2, -0.15) is 0 Å². The molecule has 2 heterocycles. The summed E-state index contributed by atoms with van der Waals surface area (Å²) in [5.41, 5.74) is 4.43. The molecule has 1 N–H and O–H groups in total. The highest BCUT2D eigenvalue weighted by Crippen LogP contribution is 2.36. The highest BCUT2D eigenvalue weighted by molar-refractivity contribution is 8.00. The number of nitrogens with one attached hydrogen (secondary N) is 1. The molecule has 1 aliphatic rings. The summed E-state index contributed by atoms with van der Waals surface area (Å²) in [6, 6.07) is 13.8. The van der Waals surface area contributed by atoms with Gasteiger partial charge in [0.1, 0.15) is 5.82 Å². The van der Waals surface area contributed by atoms with Crippen molar-refractivity contribution in [3.63, 3.8) is 0 Å². The van der Waals surface area contributed by atoms with Crippen molar-refractivity contribution in [1.29, 1.82) is 0 Å². The molecule has 0 saturated carbocycles. The zero-order valence-electron chi connectivity index (χ0n) is 14.1. The Labute approximate surface area is 151 Å². The molecule has 4 rings (SSSR count). The predicted octanol–water partition coefficient (Wildman–Crippen LogP) is 4.16. The Morgan fingerprint density at radius 1 is 1.12 bits per heavy atom. The maximum atomic E-state index is 12.3. The number of fused-ring (bicyclic) bond motifs is 2. The van der Waals surface area contributed by atoms with E-state index in [2.05, 4.69) is 22.4 Å². The average Bonchev–Trinajstić information content (AvgIpc) is 3.06. The van der Waals surface area contributed by atoms with Crippen LogP contribution in [-0.4, -0.2) is 21.6 Å². The standard InChI is InChI=1S/C20H19N3OS/c1-13-6-4-11-18(21-13)23-19(24)12-25-20-14-7-2-3-9-16(14)22-17-10-5-8-15(17)20/h2-4,6-7,9,11H,5,8,10,12H2,1H3,(H,21,23,24). The van der Waals surface area contributed by atoms with E-state index in [0.29, 0.717) is 11.6 Å². The van der Waals surface area contributed by atoms with Crippen molar-refractivity contribution in [1.82, 2.24) is 9.97 Å². The summed E-state index contributed by atoms with van der Waals surface area (Å²) in [5, 5.41) is 4.03. The lowest BCUT2D eigenvalue weighted by atomic mass is 10.1. The molecular formula is C20H19N3OS. The quantitative estimate of drug-likeness (QED) is 0.719. The Balaban J connectivity index is 1.56. The molecule has 126 valence electrons. The van der Waals surface area contributed by atoms with Gasteiger partial charge in [-0.3, -0.25) is 9.78 Å². The second-order valence-electron chi connectivity index (χ2n) is 6.24. The van der Waals surface area contributed by atoms with Crippen LogP contribution in [0.1, 0.15) is 23.4 Å². The zero-order valence-corrected chi connectivity index (χ0v) is 14.9. The van der Waals surface area contributed by atoms with Gasteiger partial charge in [0.2, 0.25) is 5.91 Å². The van der Waals surface area contributed by atoms with E-state index in [1.54, 1.807) is 11.8 Å². The molecule has 0 bridgehead atoms. The first kappa shape index (κ1) is 16.1. The number of aryl methyl sites for hydroxylation is 2. The predicted molar refractivity (Wildman–Crippen MR) is 102 cm³/mol. The van der Waals surface area contributed by atoms with Crippen LogP contribution in [0.5, 0.6) is 0 Å². The molecule has 1 amide bonds. The fraction of sp³-hybridized carbons (Fsp3) is 0.250. The number of thioether (sulfide) groups is 1. The highest BCUT2D eigenvalue weighted by atomic mass is 32.2. The maximum Gasteiger partial charge on any atom is 0.235 e. The van der Waals surface area contributed by atoms with E-state index in [0.717, 1.165) is 35.9 Å². The molecule has 1 aliphatic carbocycles. The number of hydrogen-bond acceptors (Lipinski definition) is 4. The lowest BCUT2D eigenvalue weighted by molar-refractivity contribution is -0.113. The summed E-state index contributed by atoms with van der Waals surface area (Å²) in [5.74, 6) is 0.946. The van der Waals surface area contributed by atoms with Crippen LogP contribution in [0.3, 0.4) is 0 Å². The van der Waals surface area contributed by atoms with Gasteiger partial charge in [-0.05, 0) is 49.9 Å². The molecular weight excluding hydrogens is 330 g/mol. The molecule has 0 saturated heterocycles. The van der Waals surface area contributed by atoms with Crippen LogP contribution in [0, 0.1) is 6.92 Å². The Morgan fingerprint density at radius 2 is 2.00 bits per heavy atom. The molecule has 0 spiro atoms. The zero-order chi connectivity index (χ0) is 17.2. The Morgan fingerprint density at radius 3 is 2.88 bits per heavy atom. The molecule has 4 nitrogen and oxygen atoms in total. The monoisotopic (exact) mass is 349 g/mol. The van der Waals surface area contributed by atoms with Crippen LogP contribution in [0.4, 0.5) is 5.82 Å². The van der Waals surface area contributed by atoms with Gasteiger partial charge in [0, 0.05) is 21.7 Å². The summed E-state index contributed by atoms with van der Waals surface area (Å²) in [6.45, 7) is 1.91. The normalized spacial score (nSPS) is 13.0.